The Balaban J connectivity index is 1.54. The fraction of sp³-hybridized carbons (Fsp3) is 0.385. The number of aryl methyl sites for hydroxylation is 1. The minimum atomic E-state index is -0.347. The number of para-hydroxylation sites is 1. The standard InChI is InChI=1S/C26H28N6O/c1-17-11-12-19-16-21(26(33)27-22(19)15-17)24(31-14-13-18-7-5-6-10-23(18)31)25-28-29-30-32(25)20-8-3-2-4-9-20/h5-7,10-12,15-16,20,24H,2-4,8-9,13-14H2,1H3,(H,27,33)/t24-/m0/s1. The molecular formula is C26H28N6O. The van der Waals surface area contributed by atoms with Gasteiger partial charge in [0.05, 0.1) is 6.04 Å². The molecular weight excluding hydrogens is 412 g/mol. The maximum atomic E-state index is 13.5. The van der Waals surface area contributed by atoms with Gasteiger partial charge in [0.1, 0.15) is 6.04 Å². The summed E-state index contributed by atoms with van der Waals surface area (Å²) in [5.74, 6) is 0.760. The fourth-order valence-corrected chi connectivity index (χ4v) is 5.58. The first-order chi connectivity index (χ1) is 16.2. The minimum absolute atomic E-state index is 0.0827. The first-order valence-corrected chi connectivity index (χ1v) is 11.9. The number of H-pyrrole nitrogens is 1. The number of hydrogen-bond acceptors (Lipinski definition) is 5. The Morgan fingerprint density at radius 1 is 1.06 bits per heavy atom. The summed E-state index contributed by atoms with van der Waals surface area (Å²) in [7, 11) is 0. The number of anilines is 1. The lowest BCUT2D eigenvalue weighted by Crippen LogP contribution is -2.35. The van der Waals surface area contributed by atoms with Gasteiger partial charge in [-0.05, 0) is 71.3 Å². The van der Waals surface area contributed by atoms with Gasteiger partial charge in [-0.3, -0.25) is 4.79 Å². The van der Waals surface area contributed by atoms with Crippen molar-refractivity contribution in [2.24, 2.45) is 0 Å². The molecule has 0 bridgehead atoms. The van der Waals surface area contributed by atoms with Crippen LogP contribution in [0, 0.1) is 6.92 Å². The van der Waals surface area contributed by atoms with Crippen LogP contribution in [0.3, 0.4) is 0 Å². The monoisotopic (exact) mass is 440 g/mol. The van der Waals surface area contributed by atoms with Crippen molar-refractivity contribution in [3.8, 4) is 0 Å². The Labute approximate surface area is 192 Å². The molecule has 7 nitrogen and oxygen atoms in total. The normalized spacial score (nSPS) is 17.4. The van der Waals surface area contributed by atoms with E-state index in [9.17, 15) is 4.79 Å². The van der Waals surface area contributed by atoms with Gasteiger partial charge in [0, 0.05) is 23.3 Å². The quantitative estimate of drug-likeness (QED) is 0.506. The topological polar surface area (TPSA) is 79.7 Å². The molecule has 2 aromatic heterocycles. The zero-order chi connectivity index (χ0) is 22.4. The summed E-state index contributed by atoms with van der Waals surface area (Å²) in [6.45, 7) is 2.86. The molecule has 1 fully saturated rings. The fourth-order valence-electron chi connectivity index (χ4n) is 5.58. The number of benzene rings is 2. The first kappa shape index (κ1) is 20.1. The van der Waals surface area contributed by atoms with Gasteiger partial charge >= 0.3 is 0 Å². The van der Waals surface area contributed by atoms with Crippen LogP contribution in [-0.2, 0) is 6.42 Å². The zero-order valence-electron chi connectivity index (χ0n) is 18.9. The van der Waals surface area contributed by atoms with Gasteiger partial charge in [-0.25, -0.2) is 4.68 Å². The van der Waals surface area contributed by atoms with Crippen LogP contribution in [0.1, 0.15) is 66.7 Å². The molecule has 168 valence electrons. The highest BCUT2D eigenvalue weighted by molar-refractivity contribution is 5.80. The third-order valence-corrected chi connectivity index (χ3v) is 7.24. The minimum Gasteiger partial charge on any atom is -0.357 e. The van der Waals surface area contributed by atoms with Gasteiger partial charge in [0.15, 0.2) is 5.82 Å². The summed E-state index contributed by atoms with van der Waals surface area (Å²) in [5, 5.41) is 14.1. The van der Waals surface area contributed by atoms with Crippen molar-refractivity contribution in [3.63, 3.8) is 0 Å². The van der Waals surface area contributed by atoms with Crippen LogP contribution in [0.15, 0.2) is 53.3 Å². The number of aromatic nitrogens is 5. The Bertz CT molecular complexity index is 1370. The van der Waals surface area contributed by atoms with E-state index in [4.69, 9.17) is 0 Å². The molecule has 1 aliphatic heterocycles. The van der Waals surface area contributed by atoms with E-state index < -0.39 is 0 Å². The summed E-state index contributed by atoms with van der Waals surface area (Å²) in [6, 6.07) is 16.6. The van der Waals surface area contributed by atoms with E-state index in [0.29, 0.717) is 5.56 Å². The second-order valence-electron chi connectivity index (χ2n) is 9.39. The smallest absolute Gasteiger partial charge is 0.254 e. The van der Waals surface area contributed by atoms with Crippen LogP contribution < -0.4 is 10.5 Å². The number of rotatable bonds is 4. The van der Waals surface area contributed by atoms with E-state index in [-0.39, 0.29) is 17.6 Å². The molecule has 1 N–H and O–H groups in total. The first-order valence-electron chi connectivity index (χ1n) is 11.9. The van der Waals surface area contributed by atoms with Crippen LogP contribution in [0.4, 0.5) is 5.69 Å². The van der Waals surface area contributed by atoms with Gasteiger partial charge in [-0.2, -0.15) is 0 Å². The molecule has 33 heavy (non-hydrogen) atoms. The third kappa shape index (κ3) is 3.52. The summed E-state index contributed by atoms with van der Waals surface area (Å²) in [6.07, 6.45) is 6.75. The Kier molecular flexibility index (Phi) is 4.97. The molecule has 1 saturated carbocycles. The second-order valence-corrected chi connectivity index (χ2v) is 9.39. The molecule has 4 aromatic rings. The van der Waals surface area contributed by atoms with E-state index in [0.717, 1.165) is 53.8 Å². The molecule has 0 radical (unpaired) electrons. The Hall–Kier alpha value is -3.48. The molecule has 0 spiro atoms. The van der Waals surface area contributed by atoms with Gasteiger partial charge in [-0.1, -0.05) is 49.6 Å². The maximum Gasteiger partial charge on any atom is 0.254 e. The molecule has 1 aliphatic carbocycles. The molecule has 2 aliphatic rings. The van der Waals surface area contributed by atoms with Gasteiger partial charge in [-0.15, -0.1) is 5.10 Å². The van der Waals surface area contributed by atoms with Gasteiger partial charge < -0.3 is 9.88 Å². The van der Waals surface area contributed by atoms with Crippen LogP contribution in [0.5, 0.6) is 0 Å². The predicted molar refractivity (Wildman–Crippen MR) is 129 cm³/mol. The maximum absolute atomic E-state index is 13.5. The molecule has 0 amide bonds. The van der Waals surface area contributed by atoms with E-state index in [2.05, 4.69) is 61.8 Å². The summed E-state index contributed by atoms with van der Waals surface area (Å²) in [5.41, 5.74) is 5.04. The predicted octanol–water partition coefficient (Wildman–Crippen LogP) is 4.48. The molecule has 0 unspecified atom stereocenters. The van der Waals surface area contributed by atoms with Crippen molar-refractivity contribution in [2.45, 2.75) is 57.5 Å². The lowest BCUT2D eigenvalue weighted by Gasteiger charge is -2.31. The van der Waals surface area contributed by atoms with Crippen molar-refractivity contribution in [1.29, 1.82) is 0 Å². The zero-order valence-corrected chi connectivity index (χ0v) is 18.9. The highest BCUT2D eigenvalue weighted by Crippen LogP contribution is 2.39. The second kappa shape index (κ2) is 8.14. The molecule has 7 heteroatoms. The molecule has 3 heterocycles. The van der Waals surface area contributed by atoms with E-state index >= 15 is 0 Å². The number of fused-ring (bicyclic) bond motifs is 2. The average molecular weight is 441 g/mol. The number of tetrazole rings is 1. The summed E-state index contributed by atoms with van der Waals surface area (Å²) >= 11 is 0. The van der Waals surface area contributed by atoms with Crippen molar-refractivity contribution in [1.82, 2.24) is 25.2 Å². The molecule has 6 rings (SSSR count). The SMILES string of the molecule is Cc1ccc2cc([C@@H](c3nnnn3C3CCCCC3)N3CCc4ccccc43)c(=O)[nH]c2c1. The van der Waals surface area contributed by atoms with Crippen LogP contribution in [0.2, 0.25) is 0 Å². The highest BCUT2D eigenvalue weighted by atomic mass is 16.1. The molecule has 2 aromatic carbocycles. The van der Waals surface area contributed by atoms with Crippen molar-refractivity contribution >= 4 is 16.6 Å². The van der Waals surface area contributed by atoms with E-state index in [1.807, 2.05) is 23.7 Å². The Morgan fingerprint density at radius 3 is 2.79 bits per heavy atom. The number of aromatic amines is 1. The summed E-state index contributed by atoms with van der Waals surface area (Å²) in [4.78, 5) is 18.9. The summed E-state index contributed by atoms with van der Waals surface area (Å²) < 4.78 is 2.00. The third-order valence-electron chi connectivity index (χ3n) is 7.24. The van der Waals surface area contributed by atoms with Crippen LogP contribution in [-0.4, -0.2) is 31.7 Å². The number of nitrogens with one attached hydrogen (secondary N) is 1. The van der Waals surface area contributed by atoms with Crippen molar-refractivity contribution in [3.05, 3.63) is 81.4 Å². The van der Waals surface area contributed by atoms with Gasteiger partial charge in [0.25, 0.3) is 5.56 Å². The van der Waals surface area contributed by atoms with Crippen molar-refractivity contribution in [2.75, 3.05) is 11.4 Å². The average Bonchev–Trinajstić information content (AvgIpc) is 3.48. The lowest BCUT2D eigenvalue weighted by atomic mass is 9.95. The van der Waals surface area contributed by atoms with Crippen LogP contribution >= 0.6 is 0 Å². The molecule has 1 atom stereocenters. The van der Waals surface area contributed by atoms with E-state index in [1.165, 1.54) is 24.8 Å². The largest absolute Gasteiger partial charge is 0.357 e. The number of hydrogen-bond donors (Lipinski definition) is 1. The molecule has 0 saturated heterocycles. The van der Waals surface area contributed by atoms with Gasteiger partial charge in [0.2, 0.25) is 0 Å². The lowest BCUT2D eigenvalue weighted by molar-refractivity contribution is 0.313. The number of pyridine rings is 1. The Morgan fingerprint density at radius 2 is 1.91 bits per heavy atom. The van der Waals surface area contributed by atoms with Crippen molar-refractivity contribution < 1.29 is 0 Å². The highest BCUT2D eigenvalue weighted by Gasteiger charge is 2.35. The van der Waals surface area contributed by atoms with Crippen LogP contribution in [0.25, 0.3) is 10.9 Å². The number of nitrogens with zero attached hydrogens (tertiary/aromatic N) is 5. The van der Waals surface area contributed by atoms with E-state index in [1.54, 1.807) is 0 Å².